The molecule has 0 saturated heterocycles. The summed E-state index contributed by atoms with van der Waals surface area (Å²) in [7, 11) is 0. The number of rotatable bonds is 4. The smallest absolute Gasteiger partial charge is 0.129 e. The van der Waals surface area contributed by atoms with E-state index in [9.17, 15) is 8.78 Å². The van der Waals surface area contributed by atoms with Crippen LogP contribution in [0.4, 0.5) is 8.78 Å². The van der Waals surface area contributed by atoms with Gasteiger partial charge in [0.1, 0.15) is 24.0 Å². The molecule has 0 radical (unpaired) electrons. The molecule has 0 bridgehead atoms. The van der Waals surface area contributed by atoms with Crippen molar-refractivity contribution in [3.05, 3.63) is 29.8 Å². The first kappa shape index (κ1) is 12.9. The fourth-order valence-corrected chi connectivity index (χ4v) is 1.21. The third kappa shape index (κ3) is 5.07. The van der Waals surface area contributed by atoms with Gasteiger partial charge in [0.25, 0.3) is 0 Å². The molecule has 0 saturated carbocycles. The van der Waals surface area contributed by atoms with Crippen molar-refractivity contribution < 1.29 is 13.5 Å². The summed E-state index contributed by atoms with van der Waals surface area (Å²) in [6, 6.07) is 3.15. The summed E-state index contributed by atoms with van der Waals surface area (Å²) in [5, 5.41) is 3.21. The predicted molar refractivity (Wildman–Crippen MR) is 59.6 cm³/mol. The van der Waals surface area contributed by atoms with Gasteiger partial charge in [-0.15, -0.1) is 0 Å². The van der Waals surface area contributed by atoms with Gasteiger partial charge < -0.3 is 10.1 Å². The molecule has 0 unspecified atom stereocenters. The molecule has 16 heavy (non-hydrogen) atoms. The minimum absolute atomic E-state index is 0.0105. The molecule has 1 N–H and O–H groups in total. The zero-order valence-corrected chi connectivity index (χ0v) is 9.81. The SMILES string of the molecule is CC(C)(C)NCCOc1cc(F)cc(F)c1. The van der Waals surface area contributed by atoms with Gasteiger partial charge >= 0.3 is 0 Å². The quantitative estimate of drug-likeness (QED) is 0.801. The van der Waals surface area contributed by atoms with Crippen LogP contribution in [-0.4, -0.2) is 18.7 Å². The van der Waals surface area contributed by atoms with E-state index in [1.807, 2.05) is 20.8 Å². The lowest BCUT2D eigenvalue weighted by Gasteiger charge is -2.20. The topological polar surface area (TPSA) is 21.3 Å². The van der Waals surface area contributed by atoms with E-state index in [4.69, 9.17) is 4.74 Å². The highest BCUT2D eigenvalue weighted by atomic mass is 19.1. The van der Waals surface area contributed by atoms with Crippen LogP contribution in [0.2, 0.25) is 0 Å². The fourth-order valence-electron chi connectivity index (χ4n) is 1.21. The number of nitrogens with one attached hydrogen (secondary N) is 1. The first-order valence-electron chi connectivity index (χ1n) is 5.21. The van der Waals surface area contributed by atoms with Crippen LogP contribution in [0.15, 0.2) is 18.2 Å². The minimum atomic E-state index is -0.626. The molecule has 0 aliphatic heterocycles. The fraction of sp³-hybridized carbons (Fsp3) is 0.500. The summed E-state index contributed by atoms with van der Waals surface area (Å²) in [5.41, 5.74) is 0.0105. The van der Waals surface area contributed by atoms with E-state index in [0.717, 1.165) is 6.07 Å². The Labute approximate surface area is 94.6 Å². The second kappa shape index (κ2) is 5.25. The average molecular weight is 229 g/mol. The van der Waals surface area contributed by atoms with E-state index in [1.54, 1.807) is 0 Å². The average Bonchev–Trinajstić information content (AvgIpc) is 2.09. The largest absolute Gasteiger partial charge is 0.492 e. The minimum Gasteiger partial charge on any atom is -0.492 e. The van der Waals surface area contributed by atoms with Crippen LogP contribution in [0.1, 0.15) is 20.8 Å². The van der Waals surface area contributed by atoms with E-state index in [2.05, 4.69) is 5.32 Å². The number of hydrogen-bond donors (Lipinski definition) is 1. The molecule has 0 heterocycles. The molecule has 4 heteroatoms. The highest BCUT2D eigenvalue weighted by Crippen LogP contribution is 2.14. The van der Waals surface area contributed by atoms with E-state index in [-0.39, 0.29) is 11.3 Å². The standard InChI is InChI=1S/C12H17F2NO/c1-12(2,3)15-4-5-16-11-7-9(13)6-10(14)8-11/h6-8,15H,4-5H2,1-3H3. The Hall–Kier alpha value is -1.16. The van der Waals surface area contributed by atoms with Crippen LogP contribution < -0.4 is 10.1 Å². The van der Waals surface area contributed by atoms with Crippen molar-refractivity contribution >= 4 is 0 Å². The van der Waals surface area contributed by atoms with Gasteiger partial charge in [-0.3, -0.25) is 0 Å². The highest BCUT2D eigenvalue weighted by molar-refractivity contribution is 5.23. The third-order valence-electron chi connectivity index (χ3n) is 1.86. The zero-order chi connectivity index (χ0) is 12.2. The van der Waals surface area contributed by atoms with Gasteiger partial charge in [-0.2, -0.15) is 0 Å². The Morgan fingerprint density at radius 2 is 1.69 bits per heavy atom. The van der Waals surface area contributed by atoms with Crippen molar-refractivity contribution in [3.8, 4) is 5.75 Å². The van der Waals surface area contributed by atoms with Crippen LogP contribution in [0.25, 0.3) is 0 Å². The zero-order valence-electron chi connectivity index (χ0n) is 9.81. The summed E-state index contributed by atoms with van der Waals surface area (Å²) in [6.07, 6.45) is 0. The molecule has 1 rings (SSSR count). The summed E-state index contributed by atoms with van der Waals surface area (Å²) < 4.78 is 30.8. The van der Waals surface area contributed by atoms with Crippen molar-refractivity contribution in [2.45, 2.75) is 26.3 Å². The molecule has 1 aromatic carbocycles. The Bertz CT molecular complexity index is 327. The first-order valence-corrected chi connectivity index (χ1v) is 5.21. The van der Waals surface area contributed by atoms with E-state index < -0.39 is 11.6 Å². The summed E-state index contributed by atoms with van der Waals surface area (Å²) >= 11 is 0. The highest BCUT2D eigenvalue weighted by Gasteiger charge is 2.07. The van der Waals surface area contributed by atoms with Crippen molar-refractivity contribution in [2.75, 3.05) is 13.2 Å². The van der Waals surface area contributed by atoms with Crippen LogP contribution in [0.3, 0.4) is 0 Å². The van der Waals surface area contributed by atoms with Crippen LogP contribution >= 0.6 is 0 Å². The first-order chi connectivity index (χ1) is 7.37. The molecule has 90 valence electrons. The number of hydrogen-bond acceptors (Lipinski definition) is 2. The van der Waals surface area contributed by atoms with Crippen LogP contribution in [0, 0.1) is 11.6 Å². The summed E-state index contributed by atoms with van der Waals surface area (Å²) in [5.74, 6) is -1.04. The maximum Gasteiger partial charge on any atom is 0.129 e. The molecule has 0 fully saturated rings. The Morgan fingerprint density at radius 1 is 1.12 bits per heavy atom. The lowest BCUT2D eigenvalue weighted by atomic mass is 10.1. The Kier molecular flexibility index (Phi) is 4.24. The number of ether oxygens (including phenoxy) is 1. The normalized spacial score (nSPS) is 11.6. The van der Waals surface area contributed by atoms with Gasteiger partial charge in [-0.1, -0.05) is 0 Å². The Morgan fingerprint density at radius 3 is 2.19 bits per heavy atom. The lowest BCUT2D eigenvalue weighted by Crippen LogP contribution is -2.38. The maximum absolute atomic E-state index is 12.8. The lowest BCUT2D eigenvalue weighted by molar-refractivity contribution is 0.288. The van der Waals surface area contributed by atoms with Crippen molar-refractivity contribution in [2.24, 2.45) is 0 Å². The van der Waals surface area contributed by atoms with Crippen LogP contribution in [-0.2, 0) is 0 Å². The summed E-state index contributed by atoms with van der Waals surface area (Å²) in [6.45, 7) is 7.11. The number of benzene rings is 1. The second-order valence-electron chi connectivity index (χ2n) is 4.63. The van der Waals surface area contributed by atoms with Gasteiger partial charge in [0.2, 0.25) is 0 Å². The molecule has 0 aromatic heterocycles. The molecular weight excluding hydrogens is 212 g/mol. The van der Waals surface area contributed by atoms with E-state index in [0.29, 0.717) is 13.2 Å². The van der Waals surface area contributed by atoms with E-state index in [1.165, 1.54) is 12.1 Å². The van der Waals surface area contributed by atoms with Crippen molar-refractivity contribution in [1.29, 1.82) is 0 Å². The molecule has 1 aromatic rings. The van der Waals surface area contributed by atoms with Crippen molar-refractivity contribution in [1.82, 2.24) is 5.32 Å². The Balaban J connectivity index is 2.37. The van der Waals surface area contributed by atoms with Gasteiger partial charge in [0, 0.05) is 30.3 Å². The summed E-state index contributed by atoms with van der Waals surface area (Å²) in [4.78, 5) is 0. The predicted octanol–water partition coefficient (Wildman–Crippen LogP) is 2.73. The molecular formula is C12H17F2NO. The van der Waals surface area contributed by atoms with Gasteiger partial charge in [-0.05, 0) is 20.8 Å². The molecule has 0 aliphatic carbocycles. The van der Waals surface area contributed by atoms with Crippen LogP contribution in [0.5, 0.6) is 5.75 Å². The second-order valence-corrected chi connectivity index (χ2v) is 4.63. The molecule has 2 nitrogen and oxygen atoms in total. The number of halogens is 2. The molecule has 0 aliphatic rings. The van der Waals surface area contributed by atoms with Gasteiger partial charge in [0.15, 0.2) is 0 Å². The monoisotopic (exact) mass is 229 g/mol. The molecule has 0 spiro atoms. The van der Waals surface area contributed by atoms with Gasteiger partial charge in [0.05, 0.1) is 0 Å². The maximum atomic E-state index is 12.8. The van der Waals surface area contributed by atoms with Crippen molar-refractivity contribution in [3.63, 3.8) is 0 Å². The van der Waals surface area contributed by atoms with Gasteiger partial charge in [-0.25, -0.2) is 8.78 Å². The molecule has 0 amide bonds. The third-order valence-corrected chi connectivity index (χ3v) is 1.86. The molecule has 0 atom stereocenters. The van der Waals surface area contributed by atoms with E-state index >= 15 is 0 Å².